The van der Waals surface area contributed by atoms with Crippen LogP contribution in [-0.2, 0) is 17.7 Å². The number of fused-ring (bicyclic) bond motifs is 1. The van der Waals surface area contributed by atoms with Gasteiger partial charge in [0.25, 0.3) is 0 Å². The van der Waals surface area contributed by atoms with E-state index in [2.05, 4.69) is 34.1 Å². The van der Waals surface area contributed by atoms with Crippen LogP contribution in [0.4, 0.5) is 5.69 Å². The zero-order chi connectivity index (χ0) is 14.7. The van der Waals surface area contributed by atoms with E-state index >= 15 is 0 Å². The number of hydrogen-bond donors (Lipinski definition) is 0. The highest BCUT2D eigenvalue weighted by Crippen LogP contribution is 2.28. The summed E-state index contributed by atoms with van der Waals surface area (Å²) >= 11 is 1.36. The smallest absolute Gasteiger partial charge is 0.367 e. The number of hydrogen-bond acceptors (Lipinski definition) is 5. The number of ether oxygens (including phenoxy) is 1. The molecule has 1 aliphatic heterocycles. The average molecular weight is 302 g/mol. The second-order valence-corrected chi connectivity index (χ2v) is 5.88. The number of thiazole rings is 1. The third-order valence-corrected chi connectivity index (χ3v) is 4.43. The first-order valence-corrected chi connectivity index (χ1v) is 8.10. The maximum Gasteiger partial charge on any atom is 0.367 e. The second kappa shape index (κ2) is 6.26. The lowest BCUT2D eigenvalue weighted by molar-refractivity contribution is 0.0525. The minimum Gasteiger partial charge on any atom is -0.461 e. The number of para-hydroxylation sites is 1. The van der Waals surface area contributed by atoms with Crippen LogP contribution < -0.4 is 4.90 Å². The molecular formula is C16H18N2O2S. The SMILES string of the molecule is CCOC(=O)c1nc(CN2CCCc3ccccc32)cs1. The highest BCUT2D eigenvalue weighted by Gasteiger charge is 2.18. The number of carbonyl (C=O) groups is 1. The summed E-state index contributed by atoms with van der Waals surface area (Å²) < 4.78 is 4.98. The molecule has 0 unspecified atom stereocenters. The summed E-state index contributed by atoms with van der Waals surface area (Å²) in [7, 11) is 0. The third-order valence-electron chi connectivity index (χ3n) is 3.56. The zero-order valence-corrected chi connectivity index (χ0v) is 12.9. The minimum absolute atomic E-state index is 0.326. The average Bonchev–Trinajstić information content (AvgIpc) is 2.97. The fourth-order valence-corrected chi connectivity index (χ4v) is 3.34. The summed E-state index contributed by atoms with van der Waals surface area (Å²) in [6.45, 7) is 3.96. The largest absolute Gasteiger partial charge is 0.461 e. The number of benzene rings is 1. The second-order valence-electron chi connectivity index (χ2n) is 5.02. The van der Waals surface area contributed by atoms with Crippen molar-refractivity contribution in [3.05, 3.63) is 45.9 Å². The molecule has 0 spiro atoms. The lowest BCUT2D eigenvalue weighted by Gasteiger charge is -2.30. The Hall–Kier alpha value is -1.88. The van der Waals surface area contributed by atoms with Crippen molar-refractivity contribution in [1.29, 1.82) is 0 Å². The van der Waals surface area contributed by atoms with Crippen molar-refractivity contribution >= 4 is 23.0 Å². The highest BCUT2D eigenvalue weighted by atomic mass is 32.1. The molecular weight excluding hydrogens is 284 g/mol. The predicted molar refractivity (Wildman–Crippen MR) is 83.9 cm³/mol. The molecule has 0 bridgehead atoms. The first kappa shape index (κ1) is 14.1. The normalized spacial score (nSPS) is 13.9. The lowest BCUT2D eigenvalue weighted by atomic mass is 10.0. The summed E-state index contributed by atoms with van der Waals surface area (Å²) in [4.78, 5) is 18.4. The molecule has 4 nitrogen and oxygen atoms in total. The van der Waals surface area contributed by atoms with Gasteiger partial charge in [-0.05, 0) is 31.4 Å². The summed E-state index contributed by atoms with van der Waals surface area (Å²) in [6.07, 6.45) is 2.30. The van der Waals surface area contributed by atoms with Gasteiger partial charge in [0.2, 0.25) is 5.01 Å². The quantitative estimate of drug-likeness (QED) is 0.813. The Morgan fingerprint density at radius 2 is 2.29 bits per heavy atom. The van der Waals surface area contributed by atoms with Gasteiger partial charge >= 0.3 is 5.97 Å². The number of rotatable bonds is 4. The number of esters is 1. The third kappa shape index (κ3) is 3.08. The van der Waals surface area contributed by atoms with Crippen LogP contribution >= 0.6 is 11.3 Å². The van der Waals surface area contributed by atoms with Crippen LogP contribution in [0, 0.1) is 0 Å². The van der Waals surface area contributed by atoms with Crippen LogP contribution in [-0.4, -0.2) is 24.1 Å². The minimum atomic E-state index is -0.326. The number of aryl methyl sites for hydroxylation is 1. The van der Waals surface area contributed by atoms with Gasteiger partial charge in [0.1, 0.15) is 0 Å². The Balaban J connectivity index is 1.75. The van der Waals surface area contributed by atoms with Crippen LogP contribution in [0.25, 0.3) is 0 Å². The van der Waals surface area contributed by atoms with Gasteiger partial charge in [0.15, 0.2) is 0 Å². The molecule has 0 fully saturated rings. The van der Waals surface area contributed by atoms with Crippen LogP contribution in [0.1, 0.15) is 34.4 Å². The predicted octanol–water partition coefficient (Wildman–Crippen LogP) is 3.27. The van der Waals surface area contributed by atoms with E-state index in [9.17, 15) is 4.79 Å². The first-order chi connectivity index (χ1) is 10.3. The van der Waals surface area contributed by atoms with E-state index in [1.165, 1.54) is 22.6 Å². The molecule has 2 aromatic rings. The molecule has 2 heterocycles. The van der Waals surface area contributed by atoms with E-state index in [-0.39, 0.29) is 5.97 Å². The molecule has 0 saturated carbocycles. The van der Waals surface area contributed by atoms with E-state index in [0.717, 1.165) is 31.6 Å². The van der Waals surface area contributed by atoms with E-state index in [1.54, 1.807) is 6.92 Å². The van der Waals surface area contributed by atoms with Crippen molar-refractivity contribution < 1.29 is 9.53 Å². The molecule has 110 valence electrons. The van der Waals surface area contributed by atoms with Crippen LogP contribution in [0.15, 0.2) is 29.6 Å². The fourth-order valence-electron chi connectivity index (χ4n) is 2.64. The van der Waals surface area contributed by atoms with E-state index in [4.69, 9.17) is 4.74 Å². The molecule has 21 heavy (non-hydrogen) atoms. The molecule has 0 aliphatic carbocycles. The summed E-state index contributed by atoms with van der Waals surface area (Å²) in [6, 6.07) is 8.51. The number of carbonyl (C=O) groups excluding carboxylic acids is 1. The molecule has 5 heteroatoms. The Bertz CT molecular complexity index is 639. The molecule has 0 amide bonds. The molecule has 3 rings (SSSR count). The molecule has 0 saturated heterocycles. The van der Waals surface area contributed by atoms with Gasteiger partial charge in [-0.3, -0.25) is 0 Å². The Kier molecular flexibility index (Phi) is 4.20. The summed E-state index contributed by atoms with van der Waals surface area (Å²) in [5.74, 6) is -0.326. The Labute approximate surface area is 128 Å². The van der Waals surface area contributed by atoms with Crippen molar-refractivity contribution in [3.8, 4) is 0 Å². The van der Waals surface area contributed by atoms with Crippen molar-refractivity contribution in [2.24, 2.45) is 0 Å². The van der Waals surface area contributed by atoms with Gasteiger partial charge in [0, 0.05) is 17.6 Å². The highest BCUT2D eigenvalue weighted by molar-refractivity contribution is 7.11. The van der Waals surface area contributed by atoms with Crippen molar-refractivity contribution in [3.63, 3.8) is 0 Å². The Morgan fingerprint density at radius 3 is 3.14 bits per heavy atom. The maximum absolute atomic E-state index is 11.7. The molecule has 0 radical (unpaired) electrons. The van der Waals surface area contributed by atoms with E-state index in [1.807, 2.05) is 5.38 Å². The standard InChI is InChI=1S/C16H18N2O2S/c1-2-20-16(19)15-17-13(11-21-15)10-18-9-5-7-12-6-3-4-8-14(12)18/h3-4,6,8,11H,2,5,7,9-10H2,1H3. The number of aromatic nitrogens is 1. The number of nitrogens with zero attached hydrogens (tertiary/aromatic N) is 2. The zero-order valence-electron chi connectivity index (χ0n) is 12.0. The summed E-state index contributed by atoms with van der Waals surface area (Å²) in [5, 5.41) is 2.39. The van der Waals surface area contributed by atoms with Crippen LogP contribution in [0.3, 0.4) is 0 Å². The van der Waals surface area contributed by atoms with E-state index in [0.29, 0.717) is 11.6 Å². The number of anilines is 1. The molecule has 1 aromatic carbocycles. The van der Waals surface area contributed by atoms with Gasteiger partial charge < -0.3 is 9.64 Å². The fraction of sp³-hybridized carbons (Fsp3) is 0.375. The molecule has 1 aliphatic rings. The maximum atomic E-state index is 11.7. The molecule has 0 N–H and O–H groups in total. The molecule has 0 atom stereocenters. The lowest BCUT2D eigenvalue weighted by Crippen LogP contribution is -2.28. The Morgan fingerprint density at radius 1 is 1.43 bits per heavy atom. The van der Waals surface area contributed by atoms with Gasteiger partial charge in [-0.2, -0.15) is 0 Å². The van der Waals surface area contributed by atoms with E-state index < -0.39 is 0 Å². The van der Waals surface area contributed by atoms with Gasteiger partial charge in [0.05, 0.1) is 18.8 Å². The van der Waals surface area contributed by atoms with Crippen molar-refractivity contribution in [2.45, 2.75) is 26.3 Å². The monoisotopic (exact) mass is 302 g/mol. The topological polar surface area (TPSA) is 42.4 Å². The van der Waals surface area contributed by atoms with Crippen molar-refractivity contribution in [1.82, 2.24) is 4.98 Å². The first-order valence-electron chi connectivity index (χ1n) is 7.22. The van der Waals surface area contributed by atoms with Gasteiger partial charge in [-0.15, -0.1) is 11.3 Å². The van der Waals surface area contributed by atoms with Gasteiger partial charge in [-0.1, -0.05) is 18.2 Å². The summed E-state index contributed by atoms with van der Waals surface area (Å²) in [5.41, 5.74) is 3.61. The van der Waals surface area contributed by atoms with Gasteiger partial charge in [-0.25, -0.2) is 9.78 Å². The van der Waals surface area contributed by atoms with Crippen LogP contribution in [0.5, 0.6) is 0 Å². The molecule has 1 aromatic heterocycles. The van der Waals surface area contributed by atoms with Crippen LogP contribution in [0.2, 0.25) is 0 Å². The van der Waals surface area contributed by atoms with Crippen molar-refractivity contribution in [2.75, 3.05) is 18.1 Å².